The van der Waals surface area contributed by atoms with Crippen LogP contribution in [0.3, 0.4) is 0 Å². The molecule has 1 aliphatic heterocycles. The number of β-amino-alcohol motifs (C(OH)–C–C–N with tert-alkyl or cyclic N) is 1. The van der Waals surface area contributed by atoms with Crippen LogP contribution < -0.4 is 9.64 Å². The summed E-state index contributed by atoms with van der Waals surface area (Å²) >= 11 is 0. The molecule has 0 amide bonds. The van der Waals surface area contributed by atoms with Gasteiger partial charge in [-0.05, 0) is 42.0 Å². The predicted molar refractivity (Wildman–Crippen MR) is 93.0 cm³/mol. The van der Waals surface area contributed by atoms with E-state index in [4.69, 9.17) is 4.74 Å². The number of benzene rings is 2. The van der Waals surface area contributed by atoms with Gasteiger partial charge in [-0.2, -0.15) is 0 Å². The number of methoxy groups -OCH3 is 1. The number of piperazine rings is 1. The first-order valence-corrected chi connectivity index (χ1v) is 8.20. The third-order valence-corrected chi connectivity index (χ3v) is 4.50. The normalized spacial score (nSPS) is 16.9. The number of nitrogens with zero attached hydrogens (tertiary/aromatic N) is 2. The topological polar surface area (TPSA) is 35.9 Å². The molecule has 0 spiro atoms. The molecule has 2 aromatic carbocycles. The van der Waals surface area contributed by atoms with Gasteiger partial charge in [0.1, 0.15) is 11.6 Å². The van der Waals surface area contributed by atoms with Crippen LogP contribution in [0.1, 0.15) is 11.7 Å². The maximum atomic E-state index is 13.0. The van der Waals surface area contributed by atoms with Gasteiger partial charge in [-0.25, -0.2) is 4.39 Å². The van der Waals surface area contributed by atoms with Crippen molar-refractivity contribution in [3.05, 3.63) is 59.9 Å². The molecule has 128 valence electrons. The predicted octanol–water partition coefficient (Wildman–Crippen LogP) is 2.69. The second-order valence-electron chi connectivity index (χ2n) is 6.05. The van der Waals surface area contributed by atoms with E-state index in [0.29, 0.717) is 6.54 Å². The summed E-state index contributed by atoms with van der Waals surface area (Å²) in [4.78, 5) is 4.58. The number of hydrogen-bond acceptors (Lipinski definition) is 4. The van der Waals surface area contributed by atoms with Crippen molar-refractivity contribution in [2.24, 2.45) is 0 Å². The van der Waals surface area contributed by atoms with E-state index in [2.05, 4.69) is 21.9 Å². The number of aliphatic hydroxyl groups excluding tert-OH is 1. The number of ether oxygens (including phenoxy) is 1. The molecule has 1 heterocycles. The third-order valence-electron chi connectivity index (χ3n) is 4.50. The van der Waals surface area contributed by atoms with Crippen LogP contribution in [0.5, 0.6) is 5.75 Å². The standard InChI is InChI=1S/C19H23FN2O2/c1-24-18-8-6-17(7-9-18)22-12-10-21(11-13-22)14-19(23)15-2-4-16(20)5-3-15/h2-9,19,23H,10-14H2,1H3. The van der Waals surface area contributed by atoms with E-state index >= 15 is 0 Å². The van der Waals surface area contributed by atoms with Crippen molar-refractivity contribution in [1.29, 1.82) is 0 Å². The Morgan fingerprint density at radius 1 is 1.00 bits per heavy atom. The smallest absolute Gasteiger partial charge is 0.123 e. The van der Waals surface area contributed by atoms with Crippen molar-refractivity contribution in [2.75, 3.05) is 44.7 Å². The van der Waals surface area contributed by atoms with Gasteiger partial charge >= 0.3 is 0 Å². The van der Waals surface area contributed by atoms with E-state index in [1.807, 2.05) is 12.1 Å². The molecule has 1 atom stereocenters. The summed E-state index contributed by atoms with van der Waals surface area (Å²) in [6, 6.07) is 14.2. The van der Waals surface area contributed by atoms with E-state index in [-0.39, 0.29) is 5.82 Å². The number of hydrogen-bond donors (Lipinski definition) is 1. The van der Waals surface area contributed by atoms with Crippen LogP contribution in [0.4, 0.5) is 10.1 Å². The zero-order chi connectivity index (χ0) is 16.9. The summed E-state index contributed by atoms with van der Waals surface area (Å²) in [5, 5.41) is 10.3. The van der Waals surface area contributed by atoms with Gasteiger partial charge in [0.2, 0.25) is 0 Å². The lowest BCUT2D eigenvalue weighted by atomic mass is 10.1. The first-order valence-electron chi connectivity index (χ1n) is 8.20. The molecular formula is C19H23FN2O2. The highest BCUT2D eigenvalue weighted by molar-refractivity contribution is 5.49. The molecule has 4 nitrogen and oxygen atoms in total. The lowest BCUT2D eigenvalue weighted by Gasteiger charge is -2.37. The maximum absolute atomic E-state index is 13.0. The zero-order valence-corrected chi connectivity index (χ0v) is 13.9. The number of anilines is 1. The lowest BCUT2D eigenvalue weighted by molar-refractivity contribution is 0.109. The van der Waals surface area contributed by atoms with Crippen LogP contribution in [0.25, 0.3) is 0 Å². The Morgan fingerprint density at radius 3 is 2.21 bits per heavy atom. The number of rotatable bonds is 5. The van der Waals surface area contributed by atoms with Crippen LogP contribution in [0.15, 0.2) is 48.5 Å². The summed E-state index contributed by atoms with van der Waals surface area (Å²) in [7, 11) is 1.67. The average molecular weight is 330 g/mol. The highest BCUT2D eigenvalue weighted by atomic mass is 19.1. The molecule has 1 fully saturated rings. The van der Waals surface area contributed by atoms with Gasteiger partial charge < -0.3 is 14.7 Å². The number of aliphatic hydroxyl groups is 1. The Labute approximate surface area is 142 Å². The second-order valence-corrected chi connectivity index (χ2v) is 6.05. The van der Waals surface area contributed by atoms with Crippen LogP contribution >= 0.6 is 0 Å². The van der Waals surface area contributed by atoms with Crippen molar-refractivity contribution < 1.29 is 14.2 Å². The molecule has 1 saturated heterocycles. The zero-order valence-electron chi connectivity index (χ0n) is 13.9. The molecule has 2 aromatic rings. The third kappa shape index (κ3) is 4.04. The highest BCUT2D eigenvalue weighted by Gasteiger charge is 2.20. The SMILES string of the molecule is COc1ccc(N2CCN(CC(O)c3ccc(F)cc3)CC2)cc1. The molecule has 1 unspecified atom stereocenters. The van der Waals surface area contributed by atoms with E-state index in [1.54, 1.807) is 19.2 Å². The Hall–Kier alpha value is -2.11. The lowest BCUT2D eigenvalue weighted by Crippen LogP contribution is -2.47. The quantitative estimate of drug-likeness (QED) is 0.914. The first-order chi connectivity index (χ1) is 11.7. The highest BCUT2D eigenvalue weighted by Crippen LogP contribution is 2.21. The van der Waals surface area contributed by atoms with Crippen molar-refractivity contribution in [3.63, 3.8) is 0 Å². The van der Waals surface area contributed by atoms with Gasteiger partial charge in [-0.3, -0.25) is 4.90 Å². The van der Waals surface area contributed by atoms with Gasteiger partial charge in [0.05, 0.1) is 13.2 Å². The number of halogens is 1. The molecule has 5 heteroatoms. The Bertz CT molecular complexity index is 637. The molecule has 3 rings (SSSR count). The molecule has 1 N–H and O–H groups in total. The van der Waals surface area contributed by atoms with Gasteiger partial charge in [0.25, 0.3) is 0 Å². The van der Waals surface area contributed by atoms with Gasteiger partial charge in [-0.1, -0.05) is 12.1 Å². The van der Waals surface area contributed by atoms with E-state index < -0.39 is 6.10 Å². The summed E-state index contributed by atoms with van der Waals surface area (Å²) < 4.78 is 18.1. The van der Waals surface area contributed by atoms with E-state index in [9.17, 15) is 9.50 Å². The Kier molecular flexibility index (Phi) is 5.33. The summed E-state index contributed by atoms with van der Waals surface area (Å²) in [6.45, 7) is 4.20. The fraction of sp³-hybridized carbons (Fsp3) is 0.368. The summed E-state index contributed by atoms with van der Waals surface area (Å²) in [5.74, 6) is 0.582. The fourth-order valence-corrected chi connectivity index (χ4v) is 3.02. The van der Waals surface area contributed by atoms with Gasteiger partial charge in [0.15, 0.2) is 0 Å². The van der Waals surface area contributed by atoms with Gasteiger partial charge in [-0.15, -0.1) is 0 Å². The van der Waals surface area contributed by atoms with Crippen LogP contribution in [-0.4, -0.2) is 49.8 Å². The monoisotopic (exact) mass is 330 g/mol. The largest absolute Gasteiger partial charge is 0.497 e. The van der Waals surface area contributed by atoms with E-state index in [0.717, 1.165) is 37.5 Å². The van der Waals surface area contributed by atoms with E-state index in [1.165, 1.54) is 17.8 Å². The van der Waals surface area contributed by atoms with Crippen molar-refractivity contribution in [1.82, 2.24) is 4.90 Å². The summed E-state index contributed by atoms with van der Waals surface area (Å²) in [6.07, 6.45) is -0.585. The van der Waals surface area contributed by atoms with Crippen LogP contribution in [-0.2, 0) is 0 Å². The van der Waals surface area contributed by atoms with Crippen LogP contribution in [0.2, 0.25) is 0 Å². The van der Waals surface area contributed by atoms with Crippen molar-refractivity contribution in [3.8, 4) is 5.75 Å². The Morgan fingerprint density at radius 2 is 1.62 bits per heavy atom. The second kappa shape index (κ2) is 7.64. The minimum Gasteiger partial charge on any atom is -0.497 e. The average Bonchev–Trinajstić information content (AvgIpc) is 2.63. The molecular weight excluding hydrogens is 307 g/mol. The molecule has 0 bridgehead atoms. The summed E-state index contributed by atoms with van der Waals surface area (Å²) in [5.41, 5.74) is 1.95. The molecule has 1 aliphatic rings. The fourth-order valence-electron chi connectivity index (χ4n) is 3.02. The van der Waals surface area contributed by atoms with Crippen molar-refractivity contribution in [2.45, 2.75) is 6.10 Å². The Balaban J connectivity index is 1.52. The van der Waals surface area contributed by atoms with Gasteiger partial charge in [0, 0.05) is 38.4 Å². The van der Waals surface area contributed by atoms with Crippen LogP contribution in [0, 0.1) is 5.82 Å². The minimum atomic E-state index is -0.585. The molecule has 0 aliphatic carbocycles. The molecule has 0 aromatic heterocycles. The molecule has 0 saturated carbocycles. The van der Waals surface area contributed by atoms with Crippen molar-refractivity contribution >= 4 is 5.69 Å². The first kappa shape index (κ1) is 16.7. The minimum absolute atomic E-state index is 0.279. The maximum Gasteiger partial charge on any atom is 0.123 e. The molecule has 24 heavy (non-hydrogen) atoms. The molecule has 0 radical (unpaired) electrons.